The van der Waals surface area contributed by atoms with Gasteiger partial charge in [-0.25, -0.2) is 9.97 Å². The number of nitrogens with zero attached hydrogens (tertiary/aromatic N) is 3. The van der Waals surface area contributed by atoms with Crippen molar-refractivity contribution in [1.29, 1.82) is 0 Å². The highest BCUT2D eigenvalue weighted by molar-refractivity contribution is 5.85. The Balaban J connectivity index is 2.15. The lowest BCUT2D eigenvalue weighted by atomic mass is 9.94. The van der Waals surface area contributed by atoms with Crippen LogP contribution in [0.2, 0.25) is 0 Å². The third-order valence-electron chi connectivity index (χ3n) is 4.14. The molecular weight excluding hydrogens is 308 g/mol. The van der Waals surface area contributed by atoms with E-state index < -0.39 is 11.5 Å². The van der Waals surface area contributed by atoms with E-state index in [4.69, 9.17) is 10.8 Å². The standard InChI is InChI=1S/C17H26N4O3/c1-11-9-13(6-7-14(22)23)20-15(19-11)12-5-4-8-21(10-12)16(24)17(2,3)18/h9,12H,4-8,10,18H2,1-3H3,(H,22,23)/t12-/m1/s1. The number of aromatic nitrogens is 2. The highest BCUT2D eigenvalue weighted by Crippen LogP contribution is 2.26. The van der Waals surface area contributed by atoms with Crippen LogP contribution >= 0.6 is 0 Å². The third kappa shape index (κ3) is 4.74. The molecule has 24 heavy (non-hydrogen) atoms. The molecule has 7 heteroatoms. The molecule has 1 atom stereocenters. The summed E-state index contributed by atoms with van der Waals surface area (Å²) in [4.78, 5) is 34.0. The summed E-state index contributed by atoms with van der Waals surface area (Å²) >= 11 is 0. The molecule has 1 amide bonds. The van der Waals surface area contributed by atoms with Gasteiger partial charge in [-0.2, -0.15) is 0 Å². The maximum atomic E-state index is 12.4. The molecule has 0 radical (unpaired) electrons. The first-order chi connectivity index (χ1) is 11.2. The summed E-state index contributed by atoms with van der Waals surface area (Å²) < 4.78 is 0. The van der Waals surface area contributed by atoms with E-state index in [9.17, 15) is 9.59 Å². The summed E-state index contributed by atoms with van der Waals surface area (Å²) in [5.74, 6) is -0.144. The van der Waals surface area contributed by atoms with Crippen molar-refractivity contribution in [3.63, 3.8) is 0 Å². The number of hydrogen-bond acceptors (Lipinski definition) is 5. The van der Waals surface area contributed by atoms with Crippen molar-refractivity contribution in [3.05, 3.63) is 23.3 Å². The van der Waals surface area contributed by atoms with Crippen molar-refractivity contribution < 1.29 is 14.7 Å². The lowest BCUT2D eigenvalue weighted by molar-refractivity contribution is -0.137. The molecule has 7 nitrogen and oxygen atoms in total. The molecule has 0 unspecified atom stereocenters. The maximum Gasteiger partial charge on any atom is 0.303 e. The fourth-order valence-electron chi connectivity index (χ4n) is 2.98. The maximum absolute atomic E-state index is 12.4. The van der Waals surface area contributed by atoms with Gasteiger partial charge >= 0.3 is 5.97 Å². The average Bonchev–Trinajstić information content (AvgIpc) is 2.51. The van der Waals surface area contributed by atoms with Gasteiger partial charge in [-0.1, -0.05) is 0 Å². The van der Waals surface area contributed by atoms with Gasteiger partial charge in [0.2, 0.25) is 5.91 Å². The molecule has 1 aromatic rings. The number of amides is 1. The van der Waals surface area contributed by atoms with Crippen LogP contribution in [0, 0.1) is 6.92 Å². The predicted octanol–water partition coefficient (Wildman–Crippen LogP) is 1.25. The molecule has 2 rings (SSSR count). The lowest BCUT2D eigenvalue weighted by Crippen LogP contribution is -2.53. The topological polar surface area (TPSA) is 109 Å². The number of rotatable bonds is 5. The zero-order chi connectivity index (χ0) is 17.9. The first-order valence-corrected chi connectivity index (χ1v) is 8.31. The largest absolute Gasteiger partial charge is 0.481 e. The number of likely N-dealkylation sites (tertiary alicyclic amines) is 1. The monoisotopic (exact) mass is 334 g/mol. The van der Waals surface area contributed by atoms with Crippen LogP contribution in [0.1, 0.15) is 56.2 Å². The molecular formula is C17H26N4O3. The van der Waals surface area contributed by atoms with Gasteiger partial charge in [0.05, 0.1) is 12.0 Å². The van der Waals surface area contributed by atoms with E-state index in [1.165, 1.54) is 0 Å². The van der Waals surface area contributed by atoms with E-state index in [2.05, 4.69) is 9.97 Å². The van der Waals surface area contributed by atoms with Crippen LogP contribution in [0.5, 0.6) is 0 Å². The minimum atomic E-state index is -0.887. The number of hydrogen-bond donors (Lipinski definition) is 2. The molecule has 0 bridgehead atoms. The van der Waals surface area contributed by atoms with Crippen molar-refractivity contribution in [2.45, 2.75) is 57.9 Å². The molecule has 1 aromatic heterocycles. The van der Waals surface area contributed by atoms with Crippen molar-refractivity contribution in [2.75, 3.05) is 13.1 Å². The third-order valence-corrected chi connectivity index (χ3v) is 4.14. The van der Waals surface area contributed by atoms with Gasteiger partial charge in [0.1, 0.15) is 5.82 Å². The fraction of sp³-hybridized carbons (Fsp3) is 0.647. The van der Waals surface area contributed by atoms with Crippen molar-refractivity contribution in [1.82, 2.24) is 14.9 Å². The number of carbonyl (C=O) groups excluding carboxylic acids is 1. The summed E-state index contributed by atoms with van der Waals surface area (Å²) in [6.45, 7) is 6.57. The van der Waals surface area contributed by atoms with Crippen LogP contribution in [0.4, 0.5) is 0 Å². The van der Waals surface area contributed by atoms with Crippen molar-refractivity contribution in [2.24, 2.45) is 5.73 Å². The summed E-state index contributed by atoms with van der Waals surface area (Å²) in [5.41, 5.74) is 6.61. The molecule has 1 saturated heterocycles. The molecule has 0 spiro atoms. The Hall–Kier alpha value is -2.02. The second-order valence-corrected chi connectivity index (χ2v) is 7.06. The van der Waals surface area contributed by atoms with Crippen LogP contribution in [0.15, 0.2) is 6.07 Å². The van der Waals surface area contributed by atoms with E-state index >= 15 is 0 Å². The Morgan fingerprint density at radius 3 is 2.75 bits per heavy atom. The Morgan fingerprint density at radius 2 is 2.12 bits per heavy atom. The summed E-state index contributed by atoms with van der Waals surface area (Å²) in [7, 11) is 0. The van der Waals surface area contributed by atoms with Gasteiger partial charge in [0, 0.05) is 36.8 Å². The van der Waals surface area contributed by atoms with Crippen molar-refractivity contribution >= 4 is 11.9 Å². The van der Waals surface area contributed by atoms with Gasteiger partial charge in [-0.05, 0) is 39.7 Å². The molecule has 0 aliphatic carbocycles. The lowest BCUT2D eigenvalue weighted by Gasteiger charge is -2.35. The normalized spacial score (nSPS) is 18.5. The molecule has 132 valence electrons. The van der Waals surface area contributed by atoms with Crippen molar-refractivity contribution in [3.8, 4) is 0 Å². The van der Waals surface area contributed by atoms with Crippen LogP contribution in [0.3, 0.4) is 0 Å². The van der Waals surface area contributed by atoms with Crippen LogP contribution in [-0.2, 0) is 16.0 Å². The number of nitrogens with two attached hydrogens (primary N) is 1. The quantitative estimate of drug-likeness (QED) is 0.838. The Morgan fingerprint density at radius 1 is 1.42 bits per heavy atom. The zero-order valence-electron chi connectivity index (χ0n) is 14.6. The highest BCUT2D eigenvalue weighted by atomic mass is 16.4. The summed E-state index contributed by atoms with van der Waals surface area (Å²) in [6.07, 6.45) is 2.23. The molecule has 2 heterocycles. The van der Waals surface area contributed by atoms with E-state index in [1.807, 2.05) is 13.0 Å². The zero-order valence-corrected chi connectivity index (χ0v) is 14.6. The predicted molar refractivity (Wildman–Crippen MR) is 89.5 cm³/mol. The minimum absolute atomic E-state index is 0.0481. The average molecular weight is 334 g/mol. The Bertz CT molecular complexity index is 625. The first-order valence-electron chi connectivity index (χ1n) is 8.31. The first kappa shape index (κ1) is 18.3. The summed E-state index contributed by atoms with van der Waals surface area (Å²) in [5, 5.41) is 8.83. The summed E-state index contributed by atoms with van der Waals surface area (Å²) in [6, 6.07) is 1.82. The van der Waals surface area contributed by atoms with E-state index in [0.717, 1.165) is 24.2 Å². The number of carboxylic acids is 1. The van der Waals surface area contributed by atoms with Gasteiger partial charge in [0.25, 0.3) is 0 Å². The SMILES string of the molecule is Cc1cc(CCC(=O)O)nc([C@@H]2CCCN(C(=O)C(C)(C)N)C2)n1. The molecule has 1 aliphatic heterocycles. The Labute approximate surface area is 142 Å². The number of aliphatic carboxylic acids is 1. The highest BCUT2D eigenvalue weighted by Gasteiger charge is 2.32. The van der Waals surface area contributed by atoms with Gasteiger partial charge < -0.3 is 15.7 Å². The van der Waals surface area contributed by atoms with Gasteiger partial charge in [0.15, 0.2) is 0 Å². The molecule has 0 aromatic carbocycles. The van der Waals surface area contributed by atoms with E-state index in [1.54, 1.807) is 18.7 Å². The van der Waals surface area contributed by atoms with Crippen LogP contribution in [-0.4, -0.2) is 50.5 Å². The van der Waals surface area contributed by atoms with Gasteiger partial charge in [-0.15, -0.1) is 0 Å². The number of carbonyl (C=O) groups is 2. The van der Waals surface area contributed by atoms with E-state index in [-0.39, 0.29) is 18.2 Å². The Kier molecular flexibility index (Phi) is 5.54. The number of carboxylic acid groups (broad SMARTS) is 1. The minimum Gasteiger partial charge on any atom is -0.481 e. The number of piperidine rings is 1. The van der Waals surface area contributed by atoms with Gasteiger partial charge in [-0.3, -0.25) is 9.59 Å². The molecule has 1 fully saturated rings. The molecule has 0 saturated carbocycles. The van der Waals surface area contributed by atoms with Crippen LogP contribution < -0.4 is 5.73 Å². The second-order valence-electron chi connectivity index (χ2n) is 7.06. The smallest absolute Gasteiger partial charge is 0.303 e. The molecule has 3 N–H and O–H groups in total. The molecule has 1 aliphatic rings. The second kappa shape index (κ2) is 7.25. The fourth-order valence-corrected chi connectivity index (χ4v) is 2.98. The van der Waals surface area contributed by atoms with Crippen LogP contribution in [0.25, 0.3) is 0 Å². The van der Waals surface area contributed by atoms with E-state index in [0.29, 0.717) is 25.3 Å². The number of aryl methyl sites for hydroxylation is 2.